The van der Waals surface area contributed by atoms with Crippen LogP contribution in [0, 0.1) is 0 Å². The molecule has 2 rings (SSSR count). The Labute approximate surface area is 118 Å². The smallest absolute Gasteiger partial charge is 0.358 e. The van der Waals surface area contributed by atoms with E-state index in [1.165, 1.54) is 16.0 Å². The number of carbonyl (C=O) groups is 2. The summed E-state index contributed by atoms with van der Waals surface area (Å²) in [6, 6.07) is 3.81. The zero-order valence-electron chi connectivity index (χ0n) is 10.4. The second kappa shape index (κ2) is 6.26. The third kappa shape index (κ3) is 3.19. The first kappa shape index (κ1) is 14.2. The van der Waals surface area contributed by atoms with Crippen molar-refractivity contribution in [1.29, 1.82) is 0 Å². The average molecular weight is 295 g/mol. The van der Waals surface area contributed by atoms with Crippen molar-refractivity contribution < 1.29 is 14.7 Å². The van der Waals surface area contributed by atoms with E-state index in [-0.39, 0.29) is 30.4 Å². The van der Waals surface area contributed by atoms with Crippen LogP contribution in [0.25, 0.3) is 0 Å². The van der Waals surface area contributed by atoms with Crippen molar-refractivity contribution >= 4 is 23.2 Å². The lowest BCUT2D eigenvalue weighted by Gasteiger charge is -2.06. The molecule has 0 atom stereocenters. The third-order valence-corrected chi connectivity index (χ3v) is 3.44. The average Bonchev–Trinajstić information content (AvgIpc) is 3.05. The van der Waals surface area contributed by atoms with Gasteiger partial charge in [0.15, 0.2) is 5.69 Å². The van der Waals surface area contributed by atoms with Crippen LogP contribution in [0.3, 0.4) is 0 Å². The Kier molecular flexibility index (Phi) is 4.43. The number of carboxylic acids is 1. The molecule has 0 aliphatic heterocycles. The van der Waals surface area contributed by atoms with E-state index in [9.17, 15) is 9.59 Å². The highest BCUT2D eigenvalue weighted by atomic mass is 32.1. The molecule has 0 spiro atoms. The van der Waals surface area contributed by atoms with E-state index in [0.29, 0.717) is 6.54 Å². The van der Waals surface area contributed by atoms with Crippen molar-refractivity contribution in [2.45, 2.75) is 19.6 Å². The summed E-state index contributed by atoms with van der Waals surface area (Å²) in [6.07, 6.45) is 0. The number of carboxylic acid groups (broad SMARTS) is 1. The highest BCUT2D eigenvalue weighted by Gasteiger charge is 2.18. The Hall–Kier alpha value is -2.26. The number of hydrogen-bond donors (Lipinski definition) is 3. The summed E-state index contributed by atoms with van der Waals surface area (Å²) >= 11 is 1.54. The molecule has 1 amide bonds. The van der Waals surface area contributed by atoms with Crippen molar-refractivity contribution in [2.24, 2.45) is 5.73 Å². The van der Waals surface area contributed by atoms with Gasteiger partial charge in [0, 0.05) is 11.4 Å². The predicted molar refractivity (Wildman–Crippen MR) is 71.0 cm³/mol. The fourth-order valence-electron chi connectivity index (χ4n) is 1.62. The number of nitrogens with zero attached hydrogens (tertiary/aromatic N) is 3. The van der Waals surface area contributed by atoms with E-state index in [1.807, 2.05) is 17.5 Å². The maximum atomic E-state index is 11.8. The number of thiophene rings is 1. The molecule has 0 bridgehead atoms. The SMILES string of the molecule is NCc1c(C(=O)O)nnn1CC(=O)NCc1cccs1. The van der Waals surface area contributed by atoms with Crippen LogP contribution in [0.4, 0.5) is 0 Å². The largest absolute Gasteiger partial charge is 0.476 e. The van der Waals surface area contributed by atoms with Gasteiger partial charge in [-0.2, -0.15) is 0 Å². The lowest BCUT2D eigenvalue weighted by atomic mass is 10.3. The van der Waals surface area contributed by atoms with Gasteiger partial charge in [0.05, 0.1) is 12.2 Å². The van der Waals surface area contributed by atoms with Crippen LogP contribution in [-0.2, 0) is 24.4 Å². The molecule has 9 heteroatoms. The molecule has 0 radical (unpaired) electrons. The van der Waals surface area contributed by atoms with Gasteiger partial charge in [-0.05, 0) is 11.4 Å². The van der Waals surface area contributed by atoms with Gasteiger partial charge in [-0.15, -0.1) is 16.4 Å². The summed E-state index contributed by atoms with van der Waals surface area (Å²) in [5.74, 6) is -1.49. The third-order valence-electron chi connectivity index (χ3n) is 2.57. The first-order chi connectivity index (χ1) is 9.61. The monoisotopic (exact) mass is 295 g/mol. The van der Waals surface area contributed by atoms with E-state index < -0.39 is 5.97 Å². The molecule has 0 aliphatic carbocycles. The van der Waals surface area contributed by atoms with E-state index in [4.69, 9.17) is 10.8 Å². The van der Waals surface area contributed by atoms with Crippen molar-refractivity contribution in [3.63, 3.8) is 0 Å². The Bertz CT molecular complexity index is 608. The fourth-order valence-corrected chi connectivity index (χ4v) is 2.26. The maximum absolute atomic E-state index is 11.8. The molecule has 106 valence electrons. The lowest BCUT2D eigenvalue weighted by Crippen LogP contribution is -2.28. The summed E-state index contributed by atoms with van der Waals surface area (Å²) in [5.41, 5.74) is 5.47. The normalized spacial score (nSPS) is 10.4. The van der Waals surface area contributed by atoms with Crippen LogP contribution in [0.15, 0.2) is 17.5 Å². The number of amides is 1. The lowest BCUT2D eigenvalue weighted by molar-refractivity contribution is -0.122. The van der Waals surface area contributed by atoms with Crippen molar-refractivity contribution in [1.82, 2.24) is 20.3 Å². The second-order valence-electron chi connectivity index (χ2n) is 3.91. The van der Waals surface area contributed by atoms with Crippen LogP contribution < -0.4 is 11.1 Å². The first-order valence-electron chi connectivity index (χ1n) is 5.76. The van der Waals surface area contributed by atoms with Crippen LogP contribution in [0.2, 0.25) is 0 Å². The van der Waals surface area contributed by atoms with Crippen LogP contribution in [0.1, 0.15) is 21.1 Å². The highest BCUT2D eigenvalue weighted by molar-refractivity contribution is 7.09. The minimum absolute atomic E-state index is 0.0488. The quantitative estimate of drug-likeness (QED) is 0.679. The standard InChI is InChI=1S/C11H13N5O3S/c12-4-8-10(11(18)19)14-15-16(8)6-9(17)13-5-7-2-1-3-20-7/h1-3H,4-6,12H2,(H,13,17)(H,18,19). The predicted octanol–water partition coefficient (Wildman–Crippen LogP) is -0.187. The number of nitrogens with two attached hydrogens (primary N) is 1. The van der Waals surface area contributed by atoms with Gasteiger partial charge in [-0.1, -0.05) is 11.3 Å². The van der Waals surface area contributed by atoms with Gasteiger partial charge in [0.25, 0.3) is 0 Å². The Balaban J connectivity index is 1.99. The summed E-state index contributed by atoms with van der Waals surface area (Å²) in [5, 5.41) is 20.7. The molecule has 20 heavy (non-hydrogen) atoms. The van der Waals surface area contributed by atoms with Crippen LogP contribution >= 0.6 is 11.3 Å². The van der Waals surface area contributed by atoms with E-state index >= 15 is 0 Å². The molecule has 8 nitrogen and oxygen atoms in total. The molecule has 0 fully saturated rings. The number of rotatable bonds is 6. The van der Waals surface area contributed by atoms with Crippen molar-refractivity contribution in [2.75, 3.05) is 0 Å². The molecule has 2 heterocycles. The topological polar surface area (TPSA) is 123 Å². The molecule has 0 aliphatic rings. The number of aromatic nitrogens is 3. The minimum Gasteiger partial charge on any atom is -0.476 e. The molecular weight excluding hydrogens is 282 g/mol. The van der Waals surface area contributed by atoms with Gasteiger partial charge in [-0.25, -0.2) is 9.48 Å². The molecule has 0 aromatic carbocycles. The molecule has 4 N–H and O–H groups in total. The minimum atomic E-state index is -1.21. The summed E-state index contributed by atoms with van der Waals surface area (Å²) in [7, 11) is 0. The second-order valence-corrected chi connectivity index (χ2v) is 4.94. The van der Waals surface area contributed by atoms with E-state index in [2.05, 4.69) is 15.6 Å². The van der Waals surface area contributed by atoms with Crippen molar-refractivity contribution in [3.8, 4) is 0 Å². The van der Waals surface area contributed by atoms with Gasteiger partial charge >= 0.3 is 5.97 Å². The number of hydrogen-bond acceptors (Lipinski definition) is 6. The number of carbonyl (C=O) groups excluding carboxylic acids is 1. The van der Waals surface area contributed by atoms with Gasteiger partial charge in [-0.3, -0.25) is 4.79 Å². The Morgan fingerprint density at radius 2 is 2.30 bits per heavy atom. The molecule has 0 saturated carbocycles. The molecule has 0 saturated heterocycles. The number of aromatic carboxylic acids is 1. The Morgan fingerprint density at radius 1 is 1.50 bits per heavy atom. The van der Waals surface area contributed by atoms with Crippen LogP contribution in [-0.4, -0.2) is 32.0 Å². The summed E-state index contributed by atoms with van der Waals surface area (Å²) in [4.78, 5) is 23.7. The Morgan fingerprint density at radius 3 is 2.90 bits per heavy atom. The van der Waals surface area contributed by atoms with E-state index in [0.717, 1.165) is 4.88 Å². The molecule has 2 aromatic heterocycles. The summed E-state index contributed by atoms with van der Waals surface area (Å²) < 4.78 is 1.20. The van der Waals surface area contributed by atoms with Crippen molar-refractivity contribution in [3.05, 3.63) is 33.8 Å². The van der Waals surface area contributed by atoms with Gasteiger partial charge in [0.2, 0.25) is 5.91 Å². The molecule has 0 unspecified atom stereocenters. The molecular formula is C11H13N5O3S. The van der Waals surface area contributed by atoms with E-state index in [1.54, 1.807) is 0 Å². The van der Waals surface area contributed by atoms with Gasteiger partial charge in [0.1, 0.15) is 6.54 Å². The fraction of sp³-hybridized carbons (Fsp3) is 0.273. The zero-order valence-corrected chi connectivity index (χ0v) is 11.3. The highest BCUT2D eigenvalue weighted by Crippen LogP contribution is 2.08. The zero-order chi connectivity index (χ0) is 14.5. The molecule has 2 aromatic rings. The van der Waals surface area contributed by atoms with Crippen LogP contribution in [0.5, 0.6) is 0 Å². The first-order valence-corrected chi connectivity index (χ1v) is 6.64. The number of nitrogens with one attached hydrogen (secondary N) is 1. The maximum Gasteiger partial charge on any atom is 0.358 e. The van der Waals surface area contributed by atoms with Gasteiger partial charge < -0.3 is 16.2 Å². The summed E-state index contributed by atoms with van der Waals surface area (Å²) in [6.45, 7) is 0.264.